The fourth-order valence-electron chi connectivity index (χ4n) is 2.29. The molecule has 122 valence electrons. The molecule has 1 aromatic heterocycles. The van der Waals surface area contributed by atoms with Crippen LogP contribution in [0.4, 0.5) is 11.4 Å². The van der Waals surface area contributed by atoms with Crippen molar-refractivity contribution in [3.8, 4) is 0 Å². The van der Waals surface area contributed by atoms with Crippen molar-refractivity contribution in [2.45, 2.75) is 0 Å². The summed E-state index contributed by atoms with van der Waals surface area (Å²) < 4.78 is 23.6. The van der Waals surface area contributed by atoms with Gasteiger partial charge in [0, 0.05) is 16.0 Å². The number of aromatic carboxylic acids is 1. The summed E-state index contributed by atoms with van der Waals surface area (Å²) in [6.45, 7) is 0. The van der Waals surface area contributed by atoms with Gasteiger partial charge in [-0.15, -0.1) is 0 Å². The molecule has 0 bridgehead atoms. The molecular weight excluding hydrogens is 445 g/mol. The van der Waals surface area contributed by atoms with Crippen LogP contribution in [-0.4, -0.2) is 29.8 Å². The van der Waals surface area contributed by atoms with E-state index >= 15 is 0 Å². The smallest absolute Gasteiger partial charge is 0.337 e. The molecule has 9 heteroatoms. The van der Waals surface area contributed by atoms with Gasteiger partial charge >= 0.3 is 5.97 Å². The molecule has 1 atom stereocenters. The van der Waals surface area contributed by atoms with Crippen LogP contribution in [0, 0.1) is 3.57 Å². The van der Waals surface area contributed by atoms with Crippen molar-refractivity contribution in [3.63, 3.8) is 0 Å². The monoisotopic (exact) mass is 455 g/mol. The lowest BCUT2D eigenvalue weighted by Crippen LogP contribution is -2.22. The Balaban J connectivity index is 2.31. The number of carbonyl (C=O) groups is 1. The molecular formula is C15H10IN3O4S. The summed E-state index contributed by atoms with van der Waals surface area (Å²) in [6.07, 6.45) is 2.98. The number of fused-ring (bicyclic) bond motifs is 1. The maximum Gasteiger partial charge on any atom is 0.337 e. The van der Waals surface area contributed by atoms with E-state index < -0.39 is 17.2 Å². The van der Waals surface area contributed by atoms with Crippen LogP contribution in [0.3, 0.4) is 0 Å². The minimum absolute atomic E-state index is 0.0845. The highest BCUT2D eigenvalue weighted by Gasteiger charge is 2.24. The van der Waals surface area contributed by atoms with E-state index in [1.54, 1.807) is 24.3 Å². The Labute approximate surface area is 152 Å². The van der Waals surface area contributed by atoms with Crippen molar-refractivity contribution < 1.29 is 18.7 Å². The number of halogens is 1. The van der Waals surface area contributed by atoms with E-state index in [9.17, 15) is 18.7 Å². The highest BCUT2D eigenvalue weighted by Crippen LogP contribution is 2.34. The number of carboxylic acid groups (broad SMARTS) is 1. The quantitative estimate of drug-likeness (QED) is 0.463. The van der Waals surface area contributed by atoms with Gasteiger partial charge in [0.1, 0.15) is 5.52 Å². The Morgan fingerprint density at radius 3 is 2.58 bits per heavy atom. The van der Waals surface area contributed by atoms with Crippen LogP contribution < -0.4 is 4.31 Å². The van der Waals surface area contributed by atoms with E-state index in [1.165, 1.54) is 24.5 Å². The van der Waals surface area contributed by atoms with Gasteiger partial charge in [0.15, 0.2) is 0 Å². The van der Waals surface area contributed by atoms with Crippen molar-refractivity contribution in [1.29, 1.82) is 0 Å². The number of hydrogen-bond acceptors (Lipinski definition) is 4. The van der Waals surface area contributed by atoms with Gasteiger partial charge in [-0.2, -0.15) is 0 Å². The van der Waals surface area contributed by atoms with E-state index in [0.717, 1.165) is 7.88 Å². The fourth-order valence-corrected chi connectivity index (χ4v) is 3.40. The molecule has 1 unspecified atom stereocenters. The average molecular weight is 455 g/mol. The molecule has 0 aliphatic heterocycles. The first-order chi connectivity index (χ1) is 11.5. The predicted molar refractivity (Wildman–Crippen MR) is 98.6 cm³/mol. The van der Waals surface area contributed by atoms with Gasteiger partial charge in [-0.25, -0.2) is 13.3 Å². The zero-order valence-corrected chi connectivity index (χ0v) is 14.9. The van der Waals surface area contributed by atoms with E-state index in [2.05, 4.69) is 9.97 Å². The first-order valence-electron chi connectivity index (χ1n) is 6.62. The third kappa shape index (κ3) is 3.09. The van der Waals surface area contributed by atoms with Crippen molar-refractivity contribution in [2.75, 3.05) is 4.31 Å². The fraction of sp³-hybridized carbons (Fsp3) is 0. The van der Waals surface area contributed by atoms with E-state index in [1.807, 2.05) is 22.6 Å². The lowest BCUT2D eigenvalue weighted by molar-refractivity contribution is 0.0698. The Hall–Kier alpha value is -2.11. The summed E-state index contributed by atoms with van der Waals surface area (Å²) in [6, 6.07) is 9.53. The van der Waals surface area contributed by atoms with Gasteiger partial charge in [-0.1, -0.05) is 6.07 Å². The molecule has 0 amide bonds. The molecule has 0 spiro atoms. The van der Waals surface area contributed by atoms with Crippen LogP contribution in [-0.2, 0) is 11.3 Å². The molecule has 7 nitrogen and oxygen atoms in total. The minimum Gasteiger partial charge on any atom is -0.478 e. The molecule has 2 aromatic carbocycles. The van der Waals surface area contributed by atoms with Crippen LogP contribution >= 0.6 is 22.6 Å². The zero-order valence-electron chi connectivity index (χ0n) is 12.0. The van der Waals surface area contributed by atoms with Gasteiger partial charge < -0.3 is 5.11 Å². The Morgan fingerprint density at radius 1 is 1.12 bits per heavy atom. The molecule has 0 saturated heterocycles. The minimum atomic E-state index is -2.50. The third-order valence-electron chi connectivity index (χ3n) is 3.26. The van der Waals surface area contributed by atoms with Crippen LogP contribution in [0.15, 0.2) is 48.8 Å². The number of benzene rings is 2. The Morgan fingerprint density at radius 2 is 1.88 bits per heavy atom. The molecule has 0 aliphatic carbocycles. The molecule has 0 radical (unpaired) electrons. The molecule has 3 rings (SSSR count). The van der Waals surface area contributed by atoms with Crippen molar-refractivity contribution >= 4 is 62.2 Å². The summed E-state index contributed by atoms with van der Waals surface area (Å²) in [4.78, 5) is 19.9. The second kappa shape index (κ2) is 6.79. The predicted octanol–water partition coefficient (Wildman–Crippen LogP) is 3.21. The van der Waals surface area contributed by atoms with Gasteiger partial charge in [-0.3, -0.25) is 14.5 Å². The largest absolute Gasteiger partial charge is 0.478 e. The summed E-state index contributed by atoms with van der Waals surface area (Å²) in [5, 5.41) is 9.41. The molecule has 0 aliphatic rings. The normalized spacial score (nSPS) is 12.1. The van der Waals surface area contributed by atoms with Gasteiger partial charge in [0.05, 0.1) is 22.5 Å². The molecule has 1 heterocycles. The first kappa shape index (κ1) is 16.7. The number of anilines is 2. The zero-order chi connectivity index (χ0) is 17.3. The Bertz CT molecular complexity index is 961. The second-order valence-corrected chi connectivity index (χ2v) is 6.77. The molecule has 2 N–H and O–H groups in total. The summed E-state index contributed by atoms with van der Waals surface area (Å²) in [5.74, 6) is -1.19. The molecule has 3 aromatic rings. The van der Waals surface area contributed by atoms with Crippen LogP contribution in [0.25, 0.3) is 11.0 Å². The number of hydrogen-bond donors (Lipinski definition) is 2. The molecule has 0 fully saturated rings. The van der Waals surface area contributed by atoms with E-state index in [4.69, 9.17) is 0 Å². The number of rotatable bonds is 4. The summed E-state index contributed by atoms with van der Waals surface area (Å²) in [5.41, 5.74) is 1.25. The van der Waals surface area contributed by atoms with E-state index in [0.29, 0.717) is 16.7 Å². The lowest BCUT2D eigenvalue weighted by atomic mass is 10.1. The maximum atomic E-state index is 12.0. The average Bonchev–Trinajstić information content (AvgIpc) is 2.55. The SMILES string of the molecule is O=C(O)c1ccc(I)cc1N(c1cccc2nccnc12)S(=O)O. The topological polar surface area (TPSA) is 104 Å². The standard InChI is InChI=1S/C15H10IN3O4S/c16-9-4-5-10(15(20)21)13(8-9)19(24(22)23)12-3-1-2-11-14(12)18-7-6-17-11/h1-8H,(H,20,21)(H,22,23). The van der Waals surface area contributed by atoms with Gasteiger partial charge in [0.25, 0.3) is 11.3 Å². The number of carboxylic acids is 1. The highest BCUT2D eigenvalue weighted by molar-refractivity contribution is 14.1. The Kier molecular flexibility index (Phi) is 4.73. The van der Waals surface area contributed by atoms with Crippen molar-refractivity contribution in [2.24, 2.45) is 0 Å². The first-order valence-corrected chi connectivity index (χ1v) is 8.77. The second-order valence-electron chi connectivity index (χ2n) is 4.69. The maximum absolute atomic E-state index is 12.0. The van der Waals surface area contributed by atoms with Crippen LogP contribution in [0.2, 0.25) is 0 Å². The molecule has 0 saturated carbocycles. The van der Waals surface area contributed by atoms with Crippen molar-refractivity contribution in [3.05, 3.63) is 57.9 Å². The summed E-state index contributed by atoms with van der Waals surface area (Å²) >= 11 is -0.486. The third-order valence-corrected chi connectivity index (χ3v) is 4.64. The van der Waals surface area contributed by atoms with Crippen LogP contribution in [0.1, 0.15) is 10.4 Å². The van der Waals surface area contributed by atoms with Gasteiger partial charge in [-0.05, 0) is 52.9 Å². The van der Waals surface area contributed by atoms with Gasteiger partial charge in [0.2, 0.25) is 0 Å². The number of aromatic nitrogens is 2. The number of nitrogens with zero attached hydrogens (tertiary/aromatic N) is 3. The number of para-hydroxylation sites is 1. The van der Waals surface area contributed by atoms with Crippen molar-refractivity contribution in [1.82, 2.24) is 9.97 Å². The summed E-state index contributed by atoms with van der Waals surface area (Å²) in [7, 11) is 0. The molecule has 24 heavy (non-hydrogen) atoms. The van der Waals surface area contributed by atoms with Crippen LogP contribution in [0.5, 0.6) is 0 Å². The lowest BCUT2D eigenvalue weighted by Gasteiger charge is -2.22. The van der Waals surface area contributed by atoms with E-state index in [-0.39, 0.29) is 11.3 Å². The highest BCUT2D eigenvalue weighted by atomic mass is 127.